The van der Waals surface area contributed by atoms with Crippen molar-refractivity contribution in [2.75, 3.05) is 0 Å². The molecule has 1 fully saturated rings. The van der Waals surface area contributed by atoms with Gasteiger partial charge in [0.1, 0.15) is 11.3 Å². The highest BCUT2D eigenvalue weighted by Gasteiger charge is 2.39. The van der Waals surface area contributed by atoms with Crippen molar-refractivity contribution in [1.82, 2.24) is 0 Å². The van der Waals surface area contributed by atoms with Gasteiger partial charge in [0.05, 0.1) is 18.3 Å². The summed E-state index contributed by atoms with van der Waals surface area (Å²) in [4.78, 5) is 10.5. The van der Waals surface area contributed by atoms with E-state index in [2.05, 4.69) is 0 Å². The fourth-order valence-corrected chi connectivity index (χ4v) is 4.25. The second-order valence-electron chi connectivity index (χ2n) is 8.35. The maximum atomic E-state index is 10.5. The lowest BCUT2D eigenvalue weighted by molar-refractivity contribution is -0.137. The zero-order valence-corrected chi connectivity index (χ0v) is 17.6. The molecule has 1 aromatic carbocycles. The zero-order chi connectivity index (χ0) is 22.2. The van der Waals surface area contributed by atoms with E-state index in [-0.39, 0.29) is 18.3 Å². The summed E-state index contributed by atoms with van der Waals surface area (Å²) in [6.45, 7) is 0. The van der Waals surface area contributed by atoms with Crippen molar-refractivity contribution in [3.05, 3.63) is 60.4 Å². The van der Waals surface area contributed by atoms with Crippen LogP contribution in [0.3, 0.4) is 0 Å². The number of carboxylic acid groups (broad SMARTS) is 1. The van der Waals surface area contributed by atoms with Crippen molar-refractivity contribution in [3.8, 4) is 0 Å². The predicted octanol–water partition coefficient (Wildman–Crippen LogP) is 3.84. The molecule has 1 heterocycles. The smallest absolute Gasteiger partial charge is 0.303 e. The summed E-state index contributed by atoms with van der Waals surface area (Å²) in [6, 6.07) is 9.79. The van der Waals surface area contributed by atoms with Gasteiger partial charge in [0.2, 0.25) is 0 Å². The van der Waals surface area contributed by atoms with Crippen LogP contribution in [0.25, 0.3) is 11.0 Å². The largest absolute Gasteiger partial charge is 0.481 e. The Kier molecular flexibility index (Phi) is 8.46. The van der Waals surface area contributed by atoms with E-state index in [0.717, 1.165) is 16.7 Å². The molecule has 2 aromatic rings. The number of aliphatic carboxylic acids is 1. The molecule has 0 bridgehead atoms. The number of aryl methyl sites for hydroxylation is 1. The zero-order valence-electron chi connectivity index (χ0n) is 17.6. The Balaban J connectivity index is 1.49. The van der Waals surface area contributed by atoms with E-state index < -0.39 is 24.3 Å². The molecule has 1 aromatic heterocycles. The Morgan fingerprint density at radius 2 is 2.00 bits per heavy atom. The summed E-state index contributed by atoms with van der Waals surface area (Å²) in [5, 5.41) is 40.7. The summed E-state index contributed by atoms with van der Waals surface area (Å²) in [6.07, 6.45) is 8.98. The molecule has 4 N–H and O–H groups in total. The summed E-state index contributed by atoms with van der Waals surface area (Å²) in [5.41, 5.74) is 0.837. The Labute approximate surface area is 182 Å². The van der Waals surface area contributed by atoms with E-state index in [1.165, 1.54) is 0 Å². The van der Waals surface area contributed by atoms with Crippen molar-refractivity contribution in [2.24, 2.45) is 11.8 Å². The number of hydrogen-bond donors (Lipinski definition) is 4. The van der Waals surface area contributed by atoms with Crippen LogP contribution in [0.2, 0.25) is 0 Å². The Hall–Kier alpha value is -2.41. The quantitative estimate of drug-likeness (QED) is 0.320. The number of carbonyl (C=O) groups is 1. The third kappa shape index (κ3) is 6.79. The van der Waals surface area contributed by atoms with E-state index in [1.54, 1.807) is 6.08 Å². The second kappa shape index (κ2) is 11.3. The highest BCUT2D eigenvalue weighted by molar-refractivity contribution is 5.77. The molecule has 1 aliphatic rings. The van der Waals surface area contributed by atoms with Gasteiger partial charge in [0, 0.05) is 30.6 Å². The number of fused-ring (bicyclic) bond motifs is 1. The van der Waals surface area contributed by atoms with Crippen LogP contribution >= 0.6 is 0 Å². The Morgan fingerprint density at radius 3 is 2.77 bits per heavy atom. The van der Waals surface area contributed by atoms with E-state index in [1.807, 2.05) is 48.6 Å². The number of unbranched alkanes of at least 4 members (excludes halogenated alkanes) is 1. The highest BCUT2D eigenvalue weighted by atomic mass is 16.4. The van der Waals surface area contributed by atoms with Crippen LogP contribution in [-0.2, 0) is 11.2 Å². The van der Waals surface area contributed by atoms with Crippen molar-refractivity contribution >= 4 is 16.9 Å². The Bertz CT molecular complexity index is 865. The first kappa shape index (κ1) is 23.3. The fraction of sp³-hybridized carbons (Fsp3) is 0.480. The Morgan fingerprint density at radius 1 is 1.19 bits per heavy atom. The first-order valence-electron chi connectivity index (χ1n) is 11.0. The van der Waals surface area contributed by atoms with Crippen molar-refractivity contribution < 1.29 is 29.6 Å². The molecule has 6 heteroatoms. The molecule has 0 amide bonds. The summed E-state index contributed by atoms with van der Waals surface area (Å²) < 4.78 is 5.78. The minimum Gasteiger partial charge on any atom is -0.481 e. The summed E-state index contributed by atoms with van der Waals surface area (Å²) in [5.74, 6) is -0.313. The van der Waals surface area contributed by atoms with Crippen molar-refractivity contribution in [1.29, 1.82) is 0 Å². The minimum absolute atomic E-state index is 0.121. The van der Waals surface area contributed by atoms with Crippen LogP contribution in [0.5, 0.6) is 0 Å². The second-order valence-corrected chi connectivity index (χ2v) is 8.35. The maximum absolute atomic E-state index is 10.5. The topological polar surface area (TPSA) is 111 Å². The van der Waals surface area contributed by atoms with E-state index >= 15 is 0 Å². The van der Waals surface area contributed by atoms with Gasteiger partial charge in [-0.1, -0.05) is 42.5 Å². The third-order valence-electron chi connectivity index (χ3n) is 5.97. The molecule has 1 aliphatic carbocycles. The number of para-hydroxylation sites is 1. The van der Waals surface area contributed by atoms with Gasteiger partial charge >= 0.3 is 5.97 Å². The first-order valence-corrected chi connectivity index (χ1v) is 11.0. The lowest BCUT2D eigenvalue weighted by atomic mass is 9.89. The van der Waals surface area contributed by atoms with Crippen LogP contribution in [0.15, 0.2) is 59.1 Å². The SMILES string of the molecule is O=C(O)CCCC=CC[C@@H]1[C@@H](C=C[C@@H](O)CCc2cc3ccccc3o2)[C@H](O)C[C@@H]1O. The third-order valence-corrected chi connectivity index (χ3v) is 5.97. The average molecular weight is 429 g/mol. The maximum Gasteiger partial charge on any atom is 0.303 e. The minimum atomic E-state index is -0.799. The molecule has 0 unspecified atom stereocenters. The molecular weight excluding hydrogens is 396 g/mol. The monoisotopic (exact) mass is 428 g/mol. The molecule has 168 valence electrons. The molecule has 6 nitrogen and oxygen atoms in total. The molecule has 1 saturated carbocycles. The molecular formula is C25H32O6. The average Bonchev–Trinajstić information content (AvgIpc) is 3.27. The van der Waals surface area contributed by atoms with Crippen LogP contribution in [0.1, 0.15) is 44.3 Å². The van der Waals surface area contributed by atoms with Gasteiger partial charge in [0.15, 0.2) is 0 Å². The van der Waals surface area contributed by atoms with Crippen LogP contribution in [0.4, 0.5) is 0 Å². The number of aliphatic hydroxyl groups is 3. The standard InChI is InChI=1S/C25H32O6/c26-18(11-13-19-15-17-7-5-6-9-24(17)31-19)12-14-21-20(22(27)16-23(21)28)8-3-1-2-4-10-25(29)30/h1,3,5-7,9,12,14-15,18,20-23,26-28H,2,4,8,10-11,13,16H2,(H,29,30)/t18-,20+,21+,22-,23+/m0/s1. The molecule has 31 heavy (non-hydrogen) atoms. The predicted molar refractivity (Wildman–Crippen MR) is 119 cm³/mol. The number of allylic oxidation sites excluding steroid dienone is 2. The number of carboxylic acids is 1. The molecule has 3 rings (SSSR count). The van der Waals surface area contributed by atoms with E-state index in [0.29, 0.717) is 38.5 Å². The lowest BCUT2D eigenvalue weighted by Gasteiger charge is -2.19. The molecule has 0 saturated heterocycles. The van der Waals surface area contributed by atoms with Gasteiger partial charge in [-0.2, -0.15) is 0 Å². The van der Waals surface area contributed by atoms with Gasteiger partial charge < -0.3 is 24.8 Å². The van der Waals surface area contributed by atoms with Crippen LogP contribution in [0, 0.1) is 11.8 Å². The highest BCUT2D eigenvalue weighted by Crippen LogP contribution is 2.36. The molecule has 0 radical (unpaired) electrons. The van der Waals surface area contributed by atoms with E-state index in [9.17, 15) is 20.1 Å². The van der Waals surface area contributed by atoms with Gasteiger partial charge in [-0.25, -0.2) is 0 Å². The number of rotatable bonds is 11. The fourth-order valence-electron chi connectivity index (χ4n) is 4.25. The first-order chi connectivity index (χ1) is 14.9. The van der Waals surface area contributed by atoms with Gasteiger partial charge in [-0.15, -0.1) is 0 Å². The van der Waals surface area contributed by atoms with Gasteiger partial charge in [-0.3, -0.25) is 4.79 Å². The van der Waals surface area contributed by atoms with Crippen LogP contribution < -0.4 is 0 Å². The van der Waals surface area contributed by atoms with Gasteiger partial charge in [-0.05, 0) is 43.7 Å². The number of aliphatic hydroxyl groups excluding tert-OH is 3. The normalized spacial score (nSPS) is 25.1. The van der Waals surface area contributed by atoms with Crippen LogP contribution in [-0.4, -0.2) is 44.7 Å². The molecule has 0 spiro atoms. The molecule has 0 aliphatic heterocycles. The lowest BCUT2D eigenvalue weighted by Crippen LogP contribution is -2.20. The molecule has 5 atom stereocenters. The van der Waals surface area contributed by atoms with Gasteiger partial charge in [0.25, 0.3) is 0 Å². The summed E-state index contributed by atoms with van der Waals surface area (Å²) in [7, 11) is 0. The van der Waals surface area contributed by atoms with Crippen molar-refractivity contribution in [2.45, 2.75) is 63.3 Å². The van der Waals surface area contributed by atoms with E-state index in [4.69, 9.17) is 9.52 Å². The number of benzene rings is 1. The summed E-state index contributed by atoms with van der Waals surface area (Å²) >= 11 is 0. The van der Waals surface area contributed by atoms with Crippen molar-refractivity contribution in [3.63, 3.8) is 0 Å². The number of hydrogen-bond acceptors (Lipinski definition) is 5. The number of furan rings is 1.